The number of amides is 1. The topological polar surface area (TPSA) is 70.7 Å². The van der Waals surface area contributed by atoms with Crippen molar-refractivity contribution in [3.63, 3.8) is 0 Å². The fourth-order valence-electron chi connectivity index (χ4n) is 4.36. The van der Waals surface area contributed by atoms with E-state index in [0.29, 0.717) is 5.56 Å². The Kier molecular flexibility index (Phi) is 4.64. The van der Waals surface area contributed by atoms with Gasteiger partial charge in [-0.3, -0.25) is 9.69 Å². The van der Waals surface area contributed by atoms with Crippen molar-refractivity contribution in [1.82, 2.24) is 4.90 Å². The van der Waals surface area contributed by atoms with Gasteiger partial charge >= 0.3 is 0 Å². The molecule has 1 fully saturated rings. The first-order valence-electron chi connectivity index (χ1n) is 10.3. The zero-order chi connectivity index (χ0) is 21.7. The Labute approximate surface area is 177 Å². The van der Waals surface area contributed by atoms with E-state index in [2.05, 4.69) is 34.6 Å². The summed E-state index contributed by atoms with van der Waals surface area (Å²) in [5.74, 6) is -0.480. The maximum absolute atomic E-state index is 15.0. The van der Waals surface area contributed by atoms with Crippen molar-refractivity contribution in [2.24, 2.45) is 16.1 Å². The van der Waals surface area contributed by atoms with E-state index in [1.807, 2.05) is 6.07 Å². The summed E-state index contributed by atoms with van der Waals surface area (Å²) < 4.78 is 15.0. The van der Waals surface area contributed by atoms with E-state index < -0.39 is 16.8 Å². The second kappa shape index (κ2) is 6.83. The van der Waals surface area contributed by atoms with Crippen molar-refractivity contribution in [1.29, 1.82) is 0 Å². The highest BCUT2D eigenvalue weighted by atomic mass is 19.1. The van der Waals surface area contributed by atoms with Crippen LogP contribution < -0.4 is 11.1 Å². The van der Waals surface area contributed by atoms with Gasteiger partial charge in [-0.25, -0.2) is 9.38 Å². The molecule has 3 N–H and O–H groups in total. The smallest absolute Gasteiger partial charge is 0.237 e. The number of anilines is 1. The summed E-state index contributed by atoms with van der Waals surface area (Å²) in [5, 5.41) is 3.49. The fraction of sp³-hybridized carbons (Fsp3) is 0.417. The van der Waals surface area contributed by atoms with E-state index in [4.69, 9.17) is 5.73 Å². The third-order valence-electron chi connectivity index (χ3n) is 7.10. The minimum absolute atomic E-state index is 0.0978. The van der Waals surface area contributed by atoms with Crippen LogP contribution in [0.4, 0.5) is 10.1 Å². The van der Waals surface area contributed by atoms with Gasteiger partial charge < -0.3 is 11.1 Å². The number of rotatable bonds is 5. The van der Waals surface area contributed by atoms with E-state index in [9.17, 15) is 9.18 Å². The summed E-state index contributed by atoms with van der Waals surface area (Å²) in [4.78, 5) is 18.8. The molecule has 1 unspecified atom stereocenters. The Morgan fingerprint density at radius 2 is 1.80 bits per heavy atom. The summed E-state index contributed by atoms with van der Waals surface area (Å²) in [6.45, 7) is 6.13. The highest BCUT2D eigenvalue weighted by Gasteiger charge is 2.54. The van der Waals surface area contributed by atoms with Crippen LogP contribution in [0.3, 0.4) is 0 Å². The van der Waals surface area contributed by atoms with Gasteiger partial charge in [-0.1, -0.05) is 30.3 Å². The molecule has 158 valence electrons. The third-order valence-corrected chi connectivity index (χ3v) is 7.10. The Bertz CT molecular complexity index is 1010. The second-order valence-corrected chi connectivity index (χ2v) is 9.23. The third kappa shape index (κ3) is 3.06. The van der Waals surface area contributed by atoms with Gasteiger partial charge in [-0.2, -0.15) is 0 Å². The molecule has 6 heteroatoms. The number of benzene rings is 2. The average molecular weight is 409 g/mol. The van der Waals surface area contributed by atoms with E-state index in [1.54, 1.807) is 40.0 Å². The molecule has 0 radical (unpaired) electrons. The number of aliphatic imine (C=N–C) groups is 1. The van der Waals surface area contributed by atoms with Crippen LogP contribution in [0.5, 0.6) is 0 Å². The molecule has 1 heterocycles. The van der Waals surface area contributed by atoms with Gasteiger partial charge in [0.25, 0.3) is 0 Å². The molecule has 0 spiro atoms. The lowest BCUT2D eigenvalue weighted by molar-refractivity contribution is -0.140. The van der Waals surface area contributed by atoms with Gasteiger partial charge in [0.1, 0.15) is 11.4 Å². The normalized spacial score (nSPS) is 24.4. The predicted octanol–water partition coefficient (Wildman–Crippen LogP) is 4.00. The maximum atomic E-state index is 15.0. The number of nitrogens with zero attached hydrogens (tertiary/aromatic N) is 2. The summed E-state index contributed by atoms with van der Waals surface area (Å²) in [7, 11) is 1.59. The van der Waals surface area contributed by atoms with Crippen molar-refractivity contribution in [3.8, 4) is 0 Å². The van der Waals surface area contributed by atoms with Gasteiger partial charge in [0.05, 0.1) is 5.41 Å². The molecule has 0 aromatic heterocycles. The molecule has 2 aromatic rings. The SMILES string of the molecule is CN1C(=O)C(C)(C)C(C)(c2cc(NCC3(c4ccccc4)CC3)ccc2F)N=C1N. The highest BCUT2D eigenvalue weighted by molar-refractivity contribution is 6.01. The molecule has 30 heavy (non-hydrogen) atoms. The molecular weight excluding hydrogens is 379 g/mol. The lowest BCUT2D eigenvalue weighted by atomic mass is 9.67. The standard InChI is InChI=1S/C24H29FN4O/c1-22(2)20(30)29(4)21(26)28-23(22,3)18-14-17(10-11-19(18)25)27-15-24(12-13-24)16-8-6-5-7-9-16/h5-11,14,27H,12-13,15H2,1-4H3,(H2,26,28). The van der Waals surface area contributed by atoms with Crippen LogP contribution in [0.2, 0.25) is 0 Å². The van der Waals surface area contributed by atoms with Gasteiger partial charge in [0, 0.05) is 30.3 Å². The Balaban J connectivity index is 1.65. The fourth-order valence-corrected chi connectivity index (χ4v) is 4.36. The number of carbonyl (C=O) groups excluding carboxylic acids is 1. The van der Waals surface area contributed by atoms with Crippen LogP contribution >= 0.6 is 0 Å². The summed E-state index contributed by atoms with van der Waals surface area (Å²) in [6.07, 6.45) is 2.26. The van der Waals surface area contributed by atoms with Gasteiger partial charge in [-0.05, 0) is 57.4 Å². The maximum Gasteiger partial charge on any atom is 0.237 e. The number of carbonyl (C=O) groups is 1. The van der Waals surface area contributed by atoms with Crippen molar-refractivity contribution >= 4 is 17.6 Å². The van der Waals surface area contributed by atoms with Crippen LogP contribution in [-0.2, 0) is 15.7 Å². The van der Waals surface area contributed by atoms with Crippen LogP contribution in [0, 0.1) is 11.2 Å². The highest BCUT2D eigenvalue weighted by Crippen LogP contribution is 2.49. The van der Waals surface area contributed by atoms with Crippen molar-refractivity contribution in [3.05, 3.63) is 65.5 Å². The summed E-state index contributed by atoms with van der Waals surface area (Å²) >= 11 is 0. The number of hydrogen-bond donors (Lipinski definition) is 2. The van der Waals surface area contributed by atoms with E-state index in [1.165, 1.54) is 16.5 Å². The van der Waals surface area contributed by atoms with Crippen molar-refractivity contribution in [2.75, 3.05) is 18.9 Å². The number of hydrogen-bond acceptors (Lipinski definition) is 4. The van der Waals surface area contributed by atoms with Gasteiger partial charge in [0.2, 0.25) is 5.91 Å². The van der Waals surface area contributed by atoms with Gasteiger partial charge in [0.15, 0.2) is 5.96 Å². The van der Waals surface area contributed by atoms with E-state index in [0.717, 1.165) is 25.1 Å². The molecule has 5 nitrogen and oxygen atoms in total. The molecule has 0 bridgehead atoms. The minimum Gasteiger partial charge on any atom is -0.384 e. The molecule has 0 saturated heterocycles. The summed E-state index contributed by atoms with van der Waals surface area (Å²) in [6, 6.07) is 15.4. The first-order valence-corrected chi connectivity index (χ1v) is 10.3. The van der Waals surface area contributed by atoms with E-state index in [-0.39, 0.29) is 17.3 Å². The van der Waals surface area contributed by atoms with Crippen molar-refractivity contribution < 1.29 is 9.18 Å². The first-order chi connectivity index (χ1) is 14.1. The molecule has 1 aliphatic heterocycles. The Morgan fingerprint density at radius 3 is 2.43 bits per heavy atom. The summed E-state index contributed by atoms with van der Waals surface area (Å²) in [5.41, 5.74) is 6.57. The Morgan fingerprint density at radius 1 is 1.13 bits per heavy atom. The number of nitrogens with one attached hydrogen (secondary N) is 1. The zero-order valence-electron chi connectivity index (χ0n) is 18.0. The quantitative estimate of drug-likeness (QED) is 0.786. The molecule has 1 saturated carbocycles. The lowest BCUT2D eigenvalue weighted by Gasteiger charge is -2.46. The van der Waals surface area contributed by atoms with Crippen LogP contribution in [-0.4, -0.2) is 30.4 Å². The average Bonchev–Trinajstić information content (AvgIpc) is 3.52. The minimum atomic E-state index is -1.11. The Hall–Kier alpha value is -2.89. The predicted molar refractivity (Wildman–Crippen MR) is 118 cm³/mol. The lowest BCUT2D eigenvalue weighted by Crippen LogP contribution is -2.58. The van der Waals surface area contributed by atoms with Crippen molar-refractivity contribution in [2.45, 2.75) is 44.6 Å². The molecule has 2 aromatic carbocycles. The molecule has 4 rings (SSSR count). The largest absolute Gasteiger partial charge is 0.384 e. The molecule has 1 aliphatic carbocycles. The number of guanidine groups is 1. The molecule has 1 amide bonds. The second-order valence-electron chi connectivity index (χ2n) is 9.23. The number of halogens is 1. The van der Waals surface area contributed by atoms with Gasteiger partial charge in [-0.15, -0.1) is 0 Å². The molecule has 1 atom stereocenters. The van der Waals surface area contributed by atoms with Crippen LogP contribution in [0.15, 0.2) is 53.5 Å². The van der Waals surface area contributed by atoms with E-state index >= 15 is 0 Å². The molecular formula is C24H29FN4O. The monoisotopic (exact) mass is 408 g/mol. The first kappa shape index (κ1) is 20.4. The van der Waals surface area contributed by atoms with Crippen LogP contribution in [0.25, 0.3) is 0 Å². The molecule has 2 aliphatic rings. The number of nitrogens with two attached hydrogens (primary N) is 1. The zero-order valence-corrected chi connectivity index (χ0v) is 18.0. The van der Waals surface area contributed by atoms with Crippen LogP contribution in [0.1, 0.15) is 44.7 Å².